The van der Waals surface area contributed by atoms with E-state index in [0.29, 0.717) is 18.4 Å². The van der Waals surface area contributed by atoms with E-state index in [0.717, 1.165) is 19.3 Å². The number of allylic oxidation sites excluding steroid dienone is 2. The summed E-state index contributed by atoms with van der Waals surface area (Å²) in [5.74, 6) is 0.870. The van der Waals surface area contributed by atoms with Gasteiger partial charge in [0.25, 0.3) is 0 Å². The van der Waals surface area contributed by atoms with Gasteiger partial charge in [-0.25, -0.2) is 0 Å². The molecule has 3 unspecified atom stereocenters. The Morgan fingerprint density at radius 1 is 1.69 bits per heavy atom. The molecule has 92 valence electrons. The molecule has 0 spiro atoms. The van der Waals surface area contributed by atoms with E-state index < -0.39 is 6.04 Å². The highest BCUT2D eigenvalue weighted by Gasteiger charge is 2.24. The molecular formula is C13H23NO2. The van der Waals surface area contributed by atoms with E-state index in [1.54, 1.807) is 6.92 Å². The molecule has 16 heavy (non-hydrogen) atoms. The Morgan fingerprint density at radius 2 is 2.38 bits per heavy atom. The van der Waals surface area contributed by atoms with Gasteiger partial charge in [-0.1, -0.05) is 18.6 Å². The molecule has 3 atom stereocenters. The van der Waals surface area contributed by atoms with Crippen LogP contribution >= 0.6 is 0 Å². The second-order valence-corrected chi connectivity index (χ2v) is 4.89. The van der Waals surface area contributed by atoms with Gasteiger partial charge in [-0.2, -0.15) is 0 Å². The summed E-state index contributed by atoms with van der Waals surface area (Å²) >= 11 is 0. The molecule has 2 N–H and O–H groups in total. The largest absolute Gasteiger partial charge is 0.465 e. The molecule has 0 heterocycles. The fourth-order valence-electron chi connectivity index (χ4n) is 2.57. The zero-order valence-electron chi connectivity index (χ0n) is 10.5. The van der Waals surface area contributed by atoms with Crippen LogP contribution < -0.4 is 5.73 Å². The first kappa shape index (κ1) is 13.2. The van der Waals surface area contributed by atoms with Crippen molar-refractivity contribution in [1.82, 2.24) is 0 Å². The van der Waals surface area contributed by atoms with Crippen molar-refractivity contribution in [3.8, 4) is 0 Å². The molecule has 0 radical (unpaired) electrons. The van der Waals surface area contributed by atoms with Crippen LogP contribution in [-0.2, 0) is 9.53 Å². The lowest BCUT2D eigenvalue weighted by molar-refractivity contribution is -0.145. The zero-order valence-corrected chi connectivity index (χ0v) is 10.5. The van der Waals surface area contributed by atoms with Gasteiger partial charge < -0.3 is 10.5 Å². The normalized spacial score (nSPS) is 27.1. The fourth-order valence-corrected chi connectivity index (χ4v) is 2.57. The summed E-state index contributed by atoms with van der Waals surface area (Å²) in [5, 5.41) is 0. The Balaban J connectivity index is 2.43. The lowest BCUT2D eigenvalue weighted by Gasteiger charge is -2.26. The van der Waals surface area contributed by atoms with E-state index in [2.05, 4.69) is 19.9 Å². The van der Waals surface area contributed by atoms with Crippen LogP contribution in [0.15, 0.2) is 11.6 Å². The molecule has 1 rings (SSSR count). The Kier molecular flexibility index (Phi) is 5.00. The summed E-state index contributed by atoms with van der Waals surface area (Å²) in [6.07, 6.45) is 5.25. The maximum atomic E-state index is 11.4. The maximum Gasteiger partial charge on any atom is 0.322 e. The van der Waals surface area contributed by atoms with Crippen LogP contribution in [0.2, 0.25) is 0 Å². The number of hydrogen-bond acceptors (Lipinski definition) is 3. The van der Waals surface area contributed by atoms with Crippen molar-refractivity contribution < 1.29 is 9.53 Å². The maximum absolute atomic E-state index is 11.4. The molecule has 0 aliphatic heterocycles. The lowest BCUT2D eigenvalue weighted by Crippen LogP contribution is -2.35. The van der Waals surface area contributed by atoms with Crippen molar-refractivity contribution in [1.29, 1.82) is 0 Å². The number of ether oxygens (including phenoxy) is 1. The van der Waals surface area contributed by atoms with E-state index in [9.17, 15) is 4.79 Å². The summed E-state index contributed by atoms with van der Waals surface area (Å²) in [5.41, 5.74) is 7.25. The molecule has 0 amide bonds. The number of hydrogen-bond donors (Lipinski definition) is 1. The van der Waals surface area contributed by atoms with Crippen LogP contribution in [0.1, 0.15) is 40.0 Å². The van der Waals surface area contributed by atoms with Gasteiger partial charge in [0.05, 0.1) is 6.61 Å². The molecule has 3 heteroatoms. The second kappa shape index (κ2) is 6.04. The minimum Gasteiger partial charge on any atom is -0.465 e. The number of esters is 1. The third kappa shape index (κ3) is 3.97. The first-order chi connectivity index (χ1) is 7.52. The predicted molar refractivity (Wildman–Crippen MR) is 64.9 cm³/mol. The Labute approximate surface area is 98.0 Å². The molecule has 3 nitrogen and oxygen atoms in total. The third-order valence-electron chi connectivity index (χ3n) is 3.06. The lowest BCUT2D eigenvalue weighted by atomic mass is 9.80. The van der Waals surface area contributed by atoms with E-state index >= 15 is 0 Å². The zero-order chi connectivity index (χ0) is 12.1. The van der Waals surface area contributed by atoms with Crippen molar-refractivity contribution in [3.05, 3.63) is 11.6 Å². The highest BCUT2D eigenvalue weighted by atomic mass is 16.5. The van der Waals surface area contributed by atoms with Crippen LogP contribution in [0.3, 0.4) is 0 Å². The average Bonchev–Trinajstić information content (AvgIpc) is 2.16. The van der Waals surface area contributed by atoms with E-state index in [1.165, 1.54) is 5.57 Å². The van der Waals surface area contributed by atoms with Gasteiger partial charge >= 0.3 is 5.97 Å². The van der Waals surface area contributed by atoms with E-state index in [-0.39, 0.29) is 5.97 Å². The van der Waals surface area contributed by atoms with E-state index in [1.807, 2.05) is 0 Å². The molecule has 1 aliphatic rings. The van der Waals surface area contributed by atoms with Crippen molar-refractivity contribution in [2.45, 2.75) is 46.1 Å². The van der Waals surface area contributed by atoms with Gasteiger partial charge in [-0.05, 0) is 44.9 Å². The topological polar surface area (TPSA) is 52.3 Å². The van der Waals surface area contributed by atoms with Gasteiger partial charge in [-0.3, -0.25) is 4.79 Å². The van der Waals surface area contributed by atoms with Gasteiger partial charge in [0, 0.05) is 0 Å². The Hall–Kier alpha value is -0.830. The van der Waals surface area contributed by atoms with Crippen LogP contribution in [0, 0.1) is 11.8 Å². The van der Waals surface area contributed by atoms with Crippen molar-refractivity contribution in [2.24, 2.45) is 17.6 Å². The van der Waals surface area contributed by atoms with Crippen LogP contribution in [-0.4, -0.2) is 18.6 Å². The van der Waals surface area contributed by atoms with Crippen LogP contribution in [0.4, 0.5) is 0 Å². The summed E-state index contributed by atoms with van der Waals surface area (Å²) in [4.78, 5) is 11.4. The number of nitrogens with two attached hydrogens (primary N) is 1. The molecule has 1 aliphatic carbocycles. The average molecular weight is 225 g/mol. The standard InChI is InChI=1S/C13H23NO2/c1-4-16-13(15)12(14)8-11-6-9(2)5-10(3)7-11/h5,9,11-12H,4,6-8,14H2,1-3H3. The van der Waals surface area contributed by atoms with Crippen LogP contribution in [0.25, 0.3) is 0 Å². The van der Waals surface area contributed by atoms with Crippen molar-refractivity contribution >= 4 is 5.97 Å². The molecule has 0 aromatic rings. The van der Waals surface area contributed by atoms with Gasteiger partial charge in [0.2, 0.25) is 0 Å². The highest BCUT2D eigenvalue weighted by molar-refractivity contribution is 5.75. The smallest absolute Gasteiger partial charge is 0.322 e. The number of carbonyl (C=O) groups is 1. The summed E-state index contributed by atoms with van der Waals surface area (Å²) < 4.78 is 4.92. The minimum absolute atomic E-state index is 0.262. The van der Waals surface area contributed by atoms with Crippen molar-refractivity contribution in [2.75, 3.05) is 6.61 Å². The monoisotopic (exact) mass is 225 g/mol. The molecule has 0 aromatic heterocycles. The SMILES string of the molecule is CCOC(=O)C(N)CC1CC(C)=CC(C)C1. The molecule has 0 fully saturated rings. The molecule has 0 saturated carbocycles. The summed E-state index contributed by atoms with van der Waals surface area (Å²) in [6, 6.07) is -0.456. The summed E-state index contributed by atoms with van der Waals surface area (Å²) in [7, 11) is 0. The van der Waals surface area contributed by atoms with Crippen molar-refractivity contribution in [3.63, 3.8) is 0 Å². The van der Waals surface area contributed by atoms with Gasteiger partial charge in [0.15, 0.2) is 0 Å². The second-order valence-electron chi connectivity index (χ2n) is 4.89. The fraction of sp³-hybridized carbons (Fsp3) is 0.769. The van der Waals surface area contributed by atoms with Gasteiger partial charge in [0.1, 0.15) is 6.04 Å². The molecule has 0 bridgehead atoms. The van der Waals surface area contributed by atoms with E-state index in [4.69, 9.17) is 10.5 Å². The van der Waals surface area contributed by atoms with Crippen LogP contribution in [0.5, 0.6) is 0 Å². The first-order valence-electron chi connectivity index (χ1n) is 6.12. The Morgan fingerprint density at radius 3 is 2.94 bits per heavy atom. The molecule has 0 aromatic carbocycles. The summed E-state index contributed by atoms with van der Waals surface area (Å²) in [6.45, 7) is 6.58. The number of rotatable bonds is 4. The highest BCUT2D eigenvalue weighted by Crippen LogP contribution is 2.30. The predicted octanol–water partition coefficient (Wildman–Crippen LogP) is 2.26. The first-order valence-corrected chi connectivity index (χ1v) is 6.12. The molecule has 0 saturated heterocycles. The quantitative estimate of drug-likeness (QED) is 0.590. The van der Waals surface area contributed by atoms with Gasteiger partial charge in [-0.15, -0.1) is 0 Å². The third-order valence-corrected chi connectivity index (χ3v) is 3.06. The minimum atomic E-state index is -0.456. The molecular weight excluding hydrogens is 202 g/mol. The number of carbonyl (C=O) groups excluding carboxylic acids is 1. The Bertz CT molecular complexity index is 273.